The third-order valence-electron chi connectivity index (χ3n) is 1.71. The number of thioether (sulfide) groups is 1. The average Bonchev–Trinajstić information content (AvgIpc) is 2.14. The van der Waals surface area contributed by atoms with Crippen LogP contribution in [0.1, 0.15) is 0 Å². The monoisotopic (exact) mass is 235 g/mol. The highest BCUT2D eigenvalue weighted by Crippen LogP contribution is 2.27. The van der Waals surface area contributed by atoms with Crippen LogP contribution < -0.4 is 0 Å². The second kappa shape index (κ2) is 4.74. The van der Waals surface area contributed by atoms with Crippen LogP contribution in [0, 0.1) is 5.82 Å². The minimum atomic E-state index is -5.02. The summed E-state index contributed by atoms with van der Waals surface area (Å²) in [5.74, 6) is -0.838. The van der Waals surface area contributed by atoms with Crippen molar-refractivity contribution in [2.45, 2.75) is 4.90 Å². The summed E-state index contributed by atoms with van der Waals surface area (Å²) in [7, 11) is 0. The second-order valence-corrected chi connectivity index (χ2v) is 3.97. The van der Waals surface area contributed by atoms with E-state index in [9.17, 15) is 17.3 Å². The van der Waals surface area contributed by atoms with Crippen LogP contribution in [-0.4, -0.2) is 12.7 Å². The molecule has 0 atom stereocenters. The molecule has 0 nitrogen and oxygen atoms in total. The fourth-order valence-electron chi connectivity index (χ4n) is 0.827. The summed E-state index contributed by atoms with van der Waals surface area (Å²) in [6, 6.07) is 5.72. The Morgan fingerprint density at radius 1 is 1.27 bits per heavy atom. The van der Waals surface area contributed by atoms with E-state index >= 15 is 0 Å². The van der Waals surface area contributed by atoms with Gasteiger partial charge in [-0.15, -0.1) is 23.8 Å². The third kappa shape index (κ3) is 3.62. The van der Waals surface area contributed by atoms with Gasteiger partial charge in [0.05, 0.1) is 0 Å². The Hall–Kier alpha value is -0.905. The maximum atomic E-state index is 13.0. The number of hydrogen-bond donors (Lipinski definition) is 0. The summed E-state index contributed by atoms with van der Waals surface area (Å²) in [6.07, 6.45) is 0. The highest BCUT2D eigenvalue weighted by Gasteiger charge is 2.26. The molecule has 1 rings (SSSR count). The lowest BCUT2D eigenvalue weighted by atomic mass is 9.82. The summed E-state index contributed by atoms with van der Waals surface area (Å²) < 4.78 is 49.3. The number of halogens is 4. The molecular formula is C9H8BF4S-. The molecular weight excluding hydrogens is 227 g/mol. The quantitative estimate of drug-likeness (QED) is 0.433. The van der Waals surface area contributed by atoms with Crippen molar-refractivity contribution in [3.05, 3.63) is 42.1 Å². The van der Waals surface area contributed by atoms with Crippen molar-refractivity contribution in [3.63, 3.8) is 0 Å². The van der Waals surface area contributed by atoms with Gasteiger partial charge in [0.15, 0.2) is 0 Å². The van der Waals surface area contributed by atoms with Crippen LogP contribution in [0.3, 0.4) is 0 Å². The number of hydrogen-bond acceptors (Lipinski definition) is 1. The van der Waals surface area contributed by atoms with Gasteiger partial charge in [-0.2, -0.15) is 0 Å². The van der Waals surface area contributed by atoms with Gasteiger partial charge in [-0.25, -0.2) is 4.39 Å². The van der Waals surface area contributed by atoms with Crippen molar-refractivity contribution < 1.29 is 17.3 Å². The molecule has 82 valence electrons. The highest BCUT2D eigenvalue weighted by molar-refractivity contribution is 7.99. The molecule has 0 aliphatic rings. The zero-order chi connectivity index (χ0) is 11.5. The van der Waals surface area contributed by atoms with Crippen molar-refractivity contribution >= 4 is 18.7 Å². The lowest BCUT2D eigenvalue weighted by Gasteiger charge is -2.17. The predicted molar refractivity (Wildman–Crippen MR) is 55.3 cm³/mol. The minimum absolute atomic E-state index is 0.207. The molecule has 0 aliphatic heterocycles. The van der Waals surface area contributed by atoms with Gasteiger partial charge in [-0.3, -0.25) is 0 Å². The zero-order valence-electron chi connectivity index (χ0n) is 7.72. The van der Waals surface area contributed by atoms with E-state index in [0.29, 0.717) is 0 Å². The normalized spacial score (nSPS) is 11.5. The van der Waals surface area contributed by atoms with Crippen molar-refractivity contribution in [2.24, 2.45) is 0 Å². The highest BCUT2D eigenvalue weighted by atomic mass is 32.2. The van der Waals surface area contributed by atoms with Gasteiger partial charge >= 0.3 is 6.98 Å². The standard InChI is InChI=1S/C9H8BF4S/c1-7(10(12,13)14)6-15-9-5-3-2-4-8(9)11/h2-5H,1,6H2/q-1. The van der Waals surface area contributed by atoms with Crippen molar-refractivity contribution in [3.8, 4) is 0 Å². The van der Waals surface area contributed by atoms with Crippen LogP contribution in [0.5, 0.6) is 0 Å². The molecule has 0 saturated carbocycles. The second-order valence-electron chi connectivity index (χ2n) is 2.95. The minimum Gasteiger partial charge on any atom is -0.445 e. The van der Waals surface area contributed by atoms with Crippen LogP contribution in [0.2, 0.25) is 0 Å². The lowest BCUT2D eigenvalue weighted by molar-refractivity contribution is 0.491. The SMILES string of the molecule is C=C(CSc1ccccc1F)[B-](F)(F)F. The fourth-order valence-corrected chi connectivity index (χ4v) is 1.74. The van der Waals surface area contributed by atoms with Gasteiger partial charge in [0.25, 0.3) is 0 Å². The van der Waals surface area contributed by atoms with E-state index in [1.807, 2.05) is 0 Å². The topological polar surface area (TPSA) is 0 Å². The first kappa shape index (κ1) is 12.2. The average molecular weight is 235 g/mol. The van der Waals surface area contributed by atoms with E-state index in [2.05, 4.69) is 6.58 Å². The molecule has 0 aliphatic carbocycles. The Labute approximate surface area is 89.4 Å². The molecule has 0 aromatic heterocycles. The van der Waals surface area contributed by atoms with Gasteiger partial charge < -0.3 is 12.9 Å². The largest absolute Gasteiger partial charge is 0.505 e. The van der Waals surface area contributed by atoms with Crippen LogP contribution in [-0.2, 0) is 0 Å². The van der Waals surface area contributed by atoms with Crippen LogP contribution in [0.25, 0.3) is 0 Å². The van der Waals surface area contributed by atoms with Crippen molar-refractivity contribution in [1.29, 1.82) is 0 Å². The predicted octanol–water partition coefficient (Wildman–Crippen LogP) is 3.86. The molecule has 0 radical (unpaired) electrons. The summed E-state index contributed by atoms with van der Waals surface area (Å²) in [5, 5.41) is 0. The third-order valence-corrected chi connectivity index (χ3v) is 2.87. The summed E-state index contributed by atoms with van der Waals surface area (Å²) >= 11 is 0.803. The Bertz CT molecular complexity index is 361. The maximum absolute atomic E-state index is 13.0. The first-order valence-corrected chi connectivity index (χ1v) is 5.15. The zero-order valence-corrected chi connectivity index (χ0v) is 8.54. The molecule has 1 aromatic carbocycles. The molecule has 0 N–H and O–H groups in total. The summed E-state index contributed by atoms with van der Waals surface area (Å²) in [4.78, 5) is 0.207. The van der Waals surface area contributed by atoms with Crippen LogP contribution in [0.4, 0.5) is 17.3 Å². The molecule has 15 heavy (non-hydrogen) atoms. The fraction of sp³-hybridized carbons (Fsp3) is 0.111. The Balaban J connectivity index is 2.59. The van der Waals surface area contributed by atoms with Crippen molar-refractivity contribution in [2.75, 3.05) is 5.75 Å². The molecule has 0 fully saturated rings. The van der Waals surface area contributed by atoms with Crippen molar-refractivity contribution in [1.82, 2.24) is 0 Å². The summed E-state index contributed by atoms with van der Waals surface area (Å²) in [6.45, 7) is -2.09. The Morgan fingerprint density at radius 3 is 2.40 bits per heavy atom. The first-order valence-electron chi connectivity index (χ1n) is 4.16. The van der Waals surface area contributed by atoms with Gasteiger partial charge in [-0.1, -0.05) is 12.1 Å². The molecule has 1 aromatic rings. The summed E-state index contributed by atoms with van der Waals surface area (Å²) in [5.41, 5.74) is -0.803. The number of benzene rings is 1. The molecule has 0 heterocycles. The maximum Gasteiger partial charge on any atom is 0.505 e. The molecule has 0 saturated heterocycles. The number of rotatable bonds is 4. The van der Waals surface area contributed by atoms with E-state index < -0.39 is 18.3 Å². The van der Waals surface area contributed by atoms with E-state index in [0.717, 1.165) is 11.8 Å². The van der Waals surface area contributed by atoms with E-state index in [1.54, 1.807) is 6.07 Å². The van der Waals surface area contributed by atoms with Gasteiger partial charge in [0.1, 0.15) is 5.82 Å². The molecule has 0 unspecified atom stereocenters. The van der Waals surface area contributed by atoms with E-state index in [1.165, 1.54) is 18.2 Å². The molecule has 0 amide bonds. The molecule has 0 spiro atoms. The lowest BCUT2D eigenvalue weighted by Crippen LogP contribution is -2.20. The molecule has 0 bridgehead atoms. The van der Waals surface area contributed by atoms with Gasteiger partial charge in [0.2, 0.25) is 0 Å². The smallest absolute Gasteiger partial charge is 0.445 e. The van der Waals surface area contributed by atoms with Crippen LogP contribution in [0.15, 0.2) is 41.2 Å². The Morgan fingerprint density at radius 2 is 1.87 bits per heavy atom. The van der Waals surface area contributed by atoms with Gasteiger partial charge in [-0.05, 0) is 17.9 Å². The van der Waals surface area contributed by atoms with E-state index in [-0.39, 0.29) is 10.6 Å². The first-order chi connectivity index (χ1) is 6.91. The Kier molecular flexibility index (Phi) is 3.85. The molecule has 6 heteroatoms. The van der Waals surface area contributed by atoms with E-state index in [4.69, 9.17) is 0 Å². The van der Waals surface area contributed by atoms with Crippen LogP contribution >= 0.6 is 11.8 Å². The van der Waals surface area contributed by atoms with Gasteiger partial charge in [0, 0.05) is 4.90 Å².